The molecule has 0 atom stereocenters. The van der Waals surface area contributed by atoms with E-state index >= 15 is 0 Å². The van der Waals surface area contributed by atoms with Gasteiger partial charge in [-0.05, 0) is 47.9 Å². The first-order valence-corrected chi connectivity index (χ1v) is 9.79. The highest BCUT2D eigenvalue weighted by Crippen LogP contribution is 2.40. The van der Waals surface area contributed by atoms with Crippen molar-refractivity contribution in [3.8, 4) is 5.75 Å². The van der Waals surface area contributed by atoms with Crippen LogP contribution in [0.25, 0.3) is 11.3 Å². The highest BCUT2D eigenvalue weighted by molar-refractivity contribution is 7.11. The van der Waals surface area contributed by atoms with Crippen LogP contribution in [-0.4, -0.2) is 11.9 Å². The lowest BCUT2D eigenvalue weighted by molar-refractivity contribution is -0.129. The second-order valence-corrected chi connectivity index (χ2v) is 7.54. The van der Waals surface area contributed by atoms with Crippen molar-refractivity contribution in [2.45, 2.75) is 0 Å². The Morgan fingerprint density at radius 2 is 1.75 bits per heavy atom. The fourth-order valence-electron chi connectivity index (χ4n) is 3.06. The number of cyclic esters (lactones) is 1. The lowest BCUT2D eigenvalue weighted by Gasteiger charge is -2.19. The zero-order valence-electron chi connectivity index (χ0n) is 14.4. The number of ether oxygens (including phenoxy) is 2. The van der Waals surface area contributed by atoms with Gasteiger partial charge in [0, 0.05) is 21.7 Å². The fraction of sp³-hybridized carbons (Fsp3) is 0. The molecule has 0 fully saturated rings. The Bertz CT molecular complexity index is 1170. The minimum Gasteiger partial charge on any atom is -0.455 e. The summed E-state index contributed by atoms with van der Waals surface area (Å²) in [5, 5.41) is 2.59. The average molecular weight is 406 g/mol. The van der Waals surface area contributed by atoms with Gasteiger partial charge in [0.15, 0.2) is 5.70 Å². The predicted molar refractivity (Wildman–Crippen MR) is 110 cm³/mol. The maximum Gasteiger partial charge on any atom is 0.364 e. The molecule has 2 aromatic carbocycles. The molecule has 3 aromatic rings. The predicted octanol–water partition coefficient (Wildman–Crippen LogP) is 5.55. The molecule has 4 nitrogen and oxygen atoms in total. The molecule has 3 heterocycles. The summed E-state index contributed by atoms with van der Waals surface area (Å²) in [6.07, 6.45) is 1.85. The number of carbonyl (C=O) groups excluding carboxylic acids is 1. The summed E-state index contributed by atoms with van der Waals surface area (Å²) in [5.41, 5.74) is 2.43. The summed E-state index contributed by atoms with van der Waals surface area (Å²) in [5.74, 6) is 1.13. The molecule has 0 bridgehead atoms. The molecule has 136 valence electrons. The summed E-state index contributed by atoms with van der Waals surface area (Å²) in [6.45, 7) is 0. The Morgan fingerprint density at radius 3 is 2.54 bits per heavy atom. The Hall–Kier alpha value is -3.15. The van der Waals surface area contributed by atoms with Gasteiger partial charge in [0.2, 0.25) is 5.90 Å². The molecule has 1 aromatic heterocycles. The molecule has 0 N–H and O–H groups in total. The van der Waals surface area contributed by atoms with Gasteiger partial charge in [-0.15, -0.1) is 11.3 Å². The zero-order chi connectivity index (χ0) is 19.1. The van der Waals surface area contributed by atoms with Gasteiger partial charge in [-0.1, -0.05) is 35.9 Å². The van der Waals surface area contributed by atoms with Crippen molar-refractivity contribution < 1.29 is 14.3 Å². The van der Waals surface area contributed by atoms with E-state index in [0.717, 1.165) is 10.4 Å². The van der Waals surface area contributed by atoms with Gasteiger partial charge < -0.3 is 9.47 Å². The van der Waals surface area contributed by atoms with Crippen molar-refractivity contribution in [1.29, 1.82) is 0 Å². The number of hydrogen-bond donors (Lipinski definition) is 0. The smallest absolute Gasteiger partial charge is 0.364 e. The summed E-state index contributed by atoms with van der Waals surface area (Å²) in [6, 6.07) is 18.5. The van der Waals surface area contributed by atoms with Crippen LogP contribution in [0, 0.1) is 0 Å². The van der Waals surface area contributed by atoms with Crippen molar-refractivity contribution in [3.05, 3.63) is 98.8 Å². The molecule has 0 saturated carbocycles. The molecule has 0 amide bonds. The van der Waals surface area contributed by atoms with Crippen molar-refractivity contribution in [2.24, 2.45) is 4.99 Å². The summed E-state index contributed by atoms with van der Waals surface area (Å²) in [7, 11) is 0. The number of hydrogen-bond acceptors (Lipinski definition) is 5. The maximum atomic E-state index is 12.6. The lowest BCUT2D eigenvalue weighted by Crippen LogP contribution is -2.08. The van der Waals surface area contributed by atoms with Gasteiger partial charge in [-0.2, -0.15) is 0 Å². The summed E-state index contributed by atoms with van der Waals surface area (Å²) < 4.78 is 11.5. The number of esters is 1. The third-order valence-corrected chi connectivity index (χ3v) is 5.52. The molecule has 0 saturated heterocycles. The maximum absolute atomic E-state index is 12.6. The first kappa shape index (κ1) is 17.0. The van der Waals surface area contributed by atoms with E-state index in [1.54, 1.807) is 35.6 Å². The van der Waals surface area contributed by atoms with Crippen LogP contribution in [0.2, 0.25) is 5.02 Å². The molecule has 0 spiro atoms. The van der Waals surface area contributed by atoms with E-state index in [4.69, 9.17) is 21.1 Å². The molecule has 0 aliphatic carbocycles. The second-order valence-electron chi connectivity index (χ2n) is 6.16. The van der Waals surface area contributed by atoms with Gasteiger partial charge >= 0.3 is 5.97 Å². The Morgan fingerprint density at radius 1 is 0.929 bits per heavy atom. The standard InChI is InChI=1S/C22H12ClNO3S/c23-14-9-7-13(8-10-14)21-24-20(22(25)27-21)16-12-18(19-6-3-11-28-19)26-17-5-2-1-4-15(16)17/h1-12H/b20-16-. The number of para-hydroxylation sites is 1. The lowest BCUT2D eigenvalue weighted by atomic mass is 9.99. The minimum absolute atomic E-state index is 0.259. The number of aliphatic imine (C=N–C) groups is 1. The third kappa shape index (κ3) is 2.95. The number of nitrogens with zero attached hydrogens (tertiary/aromatic N) is 1. The van der Waals surface area contributed by atoms with Gasteiger partial charge in [0.05, 0.1) is 4.88 Å². The van der Waals surface area contributed by atoms with Crippen molar-refractivity contribution in [1.82, 2.24) is 0 Å². The summed E-state index contributed by atoms with van der Waals surface area (Å²) >= 11 is 7.51. The van der Waals surface area contributed by atoms with Crippen LogP contribution in [0.3, 0.4) is 0 Å². The second kappa shape index (κ2) is 6.78. The van der Waals surface area contributed by atoms with E-state index in [0.29, 0.717) is 27.7 Å². The Kier molecular flexibility index (Phi) is 4.11. The normalized spacial score (nSPS) is 18.1. The number of halogens is 1. The third-order valence-electron chi connectivity index (χ3n) is 4.38. The monoisotopic (exact) mass is 405 g/mol. The van der Waals surface area contributed by atoms with Crippen LogP contribution >= 0.6 is 22.9 Å². The minimum atomic E-state index is -0.488. The van der Waals surface area contributed by atoms with Crippen LogP contribution in [-0.2, 0) is 9.53 Å². The molecule has 28 heavy (non-hydrogen) atoms. The van der Waals surface area contributed by atoms with E-state index in [1.165, 1.54) is 0 Å². The number of allylic oxidation sites excluding steroid dienone is 2. The van der Waals surface area contributed by atoms with E-state index < -0.39 is 5.97 Å². The van der Waals surface area contributed by atoms with Gasteiger partial charge in [0.1, 0.15) is 11.5 Å². The molecule has 2 aliphatic heterocycles. The van der Waals surface area contributed by atoms with Crippen LogP contribution in [0.4, 0.5) is 0 Å². The zero-order valence-corrected chi connectivity index (χ0v) is 16.0. The Balaban J connectivity index is 1.67. The van der Waals surface area contributed by atoms with Crippen LogP contribution in [0.15, 0.2) is 82.8 Å². The molecule has 0 unspecified atom stereocenters. The van der Waals surface area contributed by atoms with E-state index in [9.17, 15) is 4.79 Å². The van der Waals surface area contributed by atoms with Gasteiger partial charge in [-0.3, -0.25) is 0 Å². The molecular weight excluding hydrogens is 394 g/mol. The summed E-state index contributed by atoms with van der Waals surface area (Å²) in [4.78, 5) is 18.1. The Labute approximate surface area is 170 Å². The van der Waals surface area contributed by atoms with Crippen molar-refractivity contribution >= 4 is 46.1 Å². The van der Waals surface area contributed by atoms with E-state index in [-0.39, 0.29) is 11.6 Å². The number of carbonyl (C=O) groups is 1. The van der Waals surface area contributed by atoms with Gasteiger partial charge in [-0.25, -0.2) is 9.79 Å². The SMILES string of the molecule is O=C1OC(c2ccc(Cl)cc2)=N/C1=C1/C=C(c2cccs2)Oc2ccccc21. The van der Waals surface area contributed by atoms with Gasteiger partial charge in [0.25, 0.3) is 0 Å². The highest BCUT2D eigenvalue weighted by atomic mass is 35.5. The van der Waals surface area contributed by atoms with Crippen LogP contribution in [0.5, 0.6) is 5.75 Å². The van der Waals surface area contributed by atoms with E-state index in [1.807, 2.05) is 47.9 Å². The molecule has 0 radical (unpaired) electrons. The van der Waals surface area contributed by atoms with Crippen molar-refractivity contribution in [2.75, 3.05) is 0 Å². The molecule has 6 heteroatoms. The topological polar surface area (TPSA) is 47.9 Å². The average Bonchev–Trinajstić information content (AvgIpc) is 3.38. The number of benzene rings is 2. The largest absolute Gasteiger partial charge is 0.455 e. The van der Waals surface area contributed by atoms with Crippen LogP contribution < -0.4 is 4.74 Å². The quantitative estimate of drug-likeness (QED) is 0.415. The molecule has 5 rings (SSSR count). The first-order valence-electron chi connectivity index (χ1n) is 8.53. The molecular formula is C22H12ClNO3S. The van der Waals surface area contributed by atoms with E-state index in [2.05, 4.69) is 4.99 Å². The highest BCUT2D eigenvalue weighted by Gasteiger charge is 2.30. The first-order chi connectivity index (χ1) is 13.7. The molecule has 2 aliphatic rings. The fourth-order valence-corrected chi connectivity index (χ4v) is 3.87. The number of thiophene rings is 1. The van der Waals surface area contributed by atoms with Crippen molar-refractivity contribution in [3.63, 3.8) is 0 Å². The van der Waals surface area contributed by atoms with Crippen LogP contribution in [0.1, 0.15) is 16.0 Å². The number of fused-ring (bicyclic) bond motifs is 1. The number of rotatable bonds is 2.